The van der Waals surface area contributed by atoms with E-state index in [0.29, 0.717) is 4.48 Å². The van der Waals surface area contributed by atoms with Gasteiger partial charge in [0, 0.05) is 6.08 Å². The number of quaternary nitrogens is 1. The molecular weight excluding hydrogens is 599 g/mol. The molecular formula is C16H17Cl6N4OSb. The number of hydrogen-bond donors (Lipinski definition) is 0. The van der Waals surface area contributed by atoms with Gasteiger partial charge in [0.2, 0.25) is 0 Å². The van der Waals surface area contributed by atoms with E-state index in [4.69, 9.17) is 57.8 Å². The molecule has 0 spiro atoms. The molecule has 3 rings (SSSR count). The van der Waals surface area contributed by atoms with E-state index in [0.717, 1.165) is 16.9 Å². The predicted octanol–water partition coefficient (Wildman–Crippen LogP) is 6.17. The third-order valence-corrected chi connectivity index (χ3v) is 3.21. The maximum absolute atomic E-state index is 5.96. The van der Waals surface area contributed by atoms with Crippen molar-refractivity contribution in [1.82, 2.24) is 15.2 Å². The molecule has 1 aliphatic rings. The molecule has 0 fully saturated rings. The van der Waals surface area contributed by atoms with Gasteiger partial charge in [-0.15, -0.1) is 5.10 Å². The van der Waals surface area contributed by atoms with Gasteiger partial charge in [-0.05, 0) is 23.4 Å². The molecule has 0 amide bonds. The standard InChI is InChI=1S/C16H17N4O.6ClH.Sb/c1-20(2)13-9-5-3-4-6-12-16(20)21-19-15-11-8-7-10-14(15)17-18-19;;;;;;;/h3-13H,1-2H3;6*1H;/q+1;;;;;;;+5/p-6. The summed E-state index contributed by atoms with van der Waals surface area (Å²) in [5.74, 6) is 0.738. The number of fused-ring (bicyclic) bond motifs is 1. The quantitative estimate of drug-likeness (QED) is 0.300. The van der Waals surface area contributed by atoms with Crippen molar-refractivity contribution >= 4 is 73.1 Å². The van der Waals surface area contributed by atoms with Gasteiger partial charge in [0.25, 0.3) is 0 Å². The minimum absolute atomic E-state index is 0.461. The predicted molar refractivity (Wildman–Crippen MR) is 123 cm³/mol. The van der Waals surface area contributed by atoms with Crippen molar-refractivity contribution in [1.29, 1.82) is 0 Å². The Morgan fingerprint density at radius 2 is 1.46 bits per heavy atom. The summed E-state index contributed by atoms with van der Waals surface area (Å²) in [6, 6.07) is 7.70. The van der Waals surface area contributed by atoms with E-state index in [2.05, 4.69) is 10.3 Å². The molecule has 0 bridgehead atoms. The van der Waals surface area contributed by atoms with Crippen molar-refractivity contribution in [2.75, 3.05) is 14.1 Å². The zero-order valence-electron chi connectivity index (χ0n) is 14.8. The molecule has 5 nitrogen and oxygen atoms in total. The van der Waals surface area contributed by atoms with Crippen molar-refractivity contribution in [2.24, 2.45) is 0 Å². The molecule has 0 aliphatic carbocycles. The first-order valence-corrected chi connectivity index (χ1v) is 27.1. The topological polar surface area (TPSA) is 39.9 Å². The number of benzene rings is 1. The third kappa shape index (κ3) is 9.60. The Kier molecular flexibility index (Phi) is 7.08. The fourth-order valence-electron chi connectivity index (χ4n) is 2.00. The zero-order valence-corrected chi connectivity index (χ0v) is 21.9. The fraction of sp³-hybridized carbons (Fsp3) is 0.125. The normalized spacial score (nSPS) is 18.6. The molecule has 0 unspecified atom stereocenters. The van der Waals surface area contributed by atoms with E-state index < -0.39 is 9.14 Å². The molecule has 28 heavy (non-hydrogen) atoms. The average molecular weight is 616 g/mol. The summed E-state index contributed by atoms with van der Waals surface area (Å²) in [6.45, 7) is 0. The first-order chi connectivity index (χ1) is 12.6. The van der Waals surface area contributed by atoms with Crippen LogP contribution >= 0.6 is 53.0 Å². The second-order valence-electron chi connectivity index (χ2n) is 6.16. The molecule has 0 saturated carbocycles. The summed E-state index contributed by atoms with van der Waals surface area (Å²) >= 11 is 0. The summed E-state index contributed by atoms with van der Waals surface area (Å²) < 4.78 is 0.461. The summed E-state index contributed by atoms with van der Waals surface area (Å²) in [4.78, 5) is 7.41. The van der Waals surface area contributed by atoms with E-state index in [-0.39, 0.29) is 0 Å². The molecule has 0 atom stereocenters. The van der Waals surface area contributed by atoms with Crippen LogP contribution in [0.5, 0.6) is 0 Å². The van der Waals surface area contributed by atoms with Crippen molar-refractivity contribution in [3.05, 3.63) is 72.8 Å². The van der Waals surface area contributed by atoms with E-state index in [1.807, 2.05) is 81.0 Å². The van der Waals surface area contributed by atoms with Crippen molar-refractivity contribution in [2.45, 2.75) is 0 Å². The van der Waals surface area contributed by atoms with Crippen LogP contribution in [0.25, 0.3) is 11.0 Å². The molecule has 1 aliphatic heterocycles. The number of nitrogens with zero attached hydrogens (tertiary/aromatic N) is 4. The number of hydrogen-bond acceptors (Lipinski definition) is 3. The fourth-order valence-corrected chi connectivity index (χ4v) is 2.00. The van der Waals surface area contributed by atoms with E-state index in [9.17, 15) is 0 Å². The average Bonchev–Trinajstić information content (AvgIpc) is 2.94. The van der Waals surface area contributed by atoms with Crippen LogP contribution in [0, 0.1) is 0 Å². The molecule has 12 heteroatoms. The van der Waals surface area contributed by atoms with Gasteiger partial charge in [-0.1, -0.05) is 41.3 Å². The van der Waals surface area contributed by atoms with Crippen LogP contribution in [0.15, 0.2) is 72.8 Å². The van der Waals surface area contributed by atoms with Gasteiger partial charge in [-0.2, -0.15) is 0 Å². The SMILES string of the molecule is C[N+]1(C)C=CC=CC=CC=C1On1nnc2ccccc21.[Cl][Sb-]([Cl])([Cl])([Cl])([Cl])[Cl]. The monoisotopic (exact) mass is 612 g/mol. The van der Waals surface area contributed by atoms with E-state index in [1.54, 1.807) is 0 Å². The molecule has 0 saturated heterocycles. The molecule has 1 aromatic heterocycles. The van der Waals surface area contributed by atoms with Crippen molar-refractivity contribution < 1.29 is 9.32 Å². The van der Waals surface area contributed by atoms with Crippen molar-refractivity contribution in [3.8, 4) is 0 Å². The Morgan fingerprint density at radius 1 is 0.893 bits per heavy atom. The Labute approximate surface area is 183 Å². The van der Waals surface area contributed by atoms with Gasteiger partial charge in [0.1, 0.15) is 17.2 Å². The number of aromatic nitrogens is 3. The van der Waals surface area contributed by atoms with Gasteiger partial charge in [0.05, 0.1) is 14.1 Å². The van der Waals surface area contributed by atoms with Gasteiger partial charge < -0.3 is 4.84 Å². The van der Waals surface area contributed by atoms with Gasteiger partial charge in [0.15, 0.2) is 0 Å². The third-order valence-electron chi connectivity index (χ3n) is 3.21. The van der Waals surface area contributed by atoms with Crippen LogP contribution in [-0.4, -0.2) is 42.9 Å². The van der Waals surface area contributed by atoms with Crippen LogP contribution in [0.3, 0.4) is 0 Å². The maximum atomic E-state index is 5.96. The Balaban J connectivity index is 0.000000345. The molecule has 2 heterocycles. The zero-order chi connectivity index (χ0) is 21.1. The number of halogens is 6. The number of allylic oxidation sites excluding steroid dienone is 6. The van der Waals surface area contributed by atoms with Gasteiger partial charge in [-0.25, -0.2) is 4.48 Å². The summed E-state index contributed by atoms with van der Waals surface area (Å²) in [5, 5.41) is 8.16. The van der Waals surface area contributed by atoms with Crippen molar-refractivity contribution in [3.63, 3.8) is 0 Å². The molecule has 154 valence electrons. The summed E-state index contributed by atoms with van der Waals surface area (Å²) in [7, 11) is 29.0. The Hall–Kier alpha value is -0.102. The first kappa shape index (κ1) is 24.2. The van der Waals surface area contributed by atoms with Crippen LogP contribution in [0.1, 0.15) is 0 Å². The second kappa shape index (κ2) is 8.20. The van der Waals surface area contributed by atoms with E-state index >= 15 is 0 Å². The summed E-state index contributed by atoms with van der Waals surface area (Å²) in [5.41, 5.74) is 1.64. The number of para-hydroxylation sites is 1. The first-order valence-electron chi connectivity index (χ1n) is 7.74. The second-order valence-corrected chi connectivity index (χ2v) is 63.1. The summed E-state index contributed by atoms with van der Waals surface area (Å²) in [6.07, 6.45) is 13.8. The Bertz CT molecular complexity index is 963. The molecule has 1 aromatic carbocycles. The van der Waals surface area contributed by atoms with E-state index in [1.165, 1.54) is 4.85 Å². The van der Waals surface area contributed by atoms with Crippen LogP contribution in [-0.2, 0) is 0 Å². The van der Waals surface area contributed by atoms with Crippen LogP contribution in [0.4, 0.5) is 0 Å². The Morgan fingerprint density at radius 3 is 2.14 bits per heavy atom. The minimum atomic E-state index is -5.42. The van der Waals surface area contributed by atoms with Gasteiger partial charge in [-0.3, -0.25) is 0 Å². The van der Waals surface area contributed by atoms with Gasteiger partial charge >= 0.3 is 68.0 Å². The number of rotatable bonds is 2. The molecule has 2 aromatic rings. The molecule has 0 N–H and O–H groups in total. The van der Waals surface area contributed by atoms with Crippen LogP contribution < -0.4 is 4.84 Å². The van der Waals surface area contributed by atoms with Crippen LogP contribution in [0.2, 0.25) is 0 Å². The molecule has 0 radical (unpaired) electrons.